The number of hydrogen-bond acceptors (Lipinski definition) is 0. The van der Waals surface area contributed by atoms with E-state index in [1.54, 1.807) is 0 Å². The van der Waals surface area contributed by atoms with E-state index in [2.05, 4.69) is 18.7 Å². The van der Waals surface area contributed by atoms with Crippen LogP contribution in [-0.4, -0.2) is 0 Å². The zero-order valence-electron chi connectivity index (χ0n) is 5.14. The lowest BCUT2D eigenvalue weighted by Crippen LogP contribution is -2.01. The van der Waals surface area contributed by atoms with Gasteiger partial charge in [0.05, 0.1) is 0 Å². The molecule has 0 aromatic heterocycles. The molecule has 0 spiro atoms. The highest BCUT2D eigenvalue weighted by Crippen LogP contribution is 2.21. The summed E-state index contributed by atoms with van der Waals surface area (Å²) in [7, 11) is 0. The molecule has 0 N–H and O–H groups in total. The van der Waals surface area contributed by atoms with Crippen LogP contribution in [0.5, 0.6) is 0 Å². The Morgan fingerprint density at radius 1 is 1.75 bits per heavy atom. The van der Waals surface area contributed by atoms with Crippen LogP contribution in [0.15, 0.2) is 24.8 Å². The summed E-state index contributed by atoms with van der Waals surface area (Å²) < 4.78 is 0. The van der Waals surface area contributed by atoms with Crippen molar-refractivity contribution in [3.63, 3.8) is 0 Å². The van der Waals surface area contributed by atoms with Crippen molar-refractivity contribution >= 4 is 0 Å². The molecule has 0 amide bonds. The predicted molar refractivity (Wildman–Crippen MR) is 36.7 cm³/mol. The quantitative estimate of drug-likeness (QED) is 0.487. The molecule has 0 heterocycles. The van der Waals surface area contributed by atoms with Crippen molar-refractivity contribution in [2.24, 2.45) is 5.92 Å². The summed E-state index contributed by atoms with van der Waals surface area (Å²) in [4.78, 5) is 0. The summed E-state index contributed by atoms with van der Waals surface area (Å²) in [5.74, 6) is 0.882. The minimum Gasteiger partial charge on any atom is -0.103 e. The molecule has 1 unspecified atom stereocenters. The Hall–Kier alpha value is -0.520. The highest BCUT2D eigenvalue weighted by Gasteiger charge is 2.06. The Morgan fingerprint density at radius 2 is 2.50 bits per heavy atom. The number of rotatable bonds is 3. The maximum Gasteiger partial charge on any atom is -0.0196 e. The molecule has 8 heavy (non-hydrogen) atoms. The fraction of sp³-hybridized carbons (Fsp3) is 0.500. The third kappa shape index (κ3) is 1.22. The van der Waals surface area contributed by atoms with Crippen molar-refractivity contribution < 1.29 is 0 Å². The van der Waals surface area contributed by atoms with E-state index in [-0.39, 0.29) is 0 Å². The van der Waals surface area contributed by atoms with E-state index in [0.29, 0.717) is 0 Å². The van der Waals surface area contributed by atoms with E-state index >= 15 is 0 Å². The Bertz CT molecular complexity index is 101. The van der Waals surface area contributed by atoms with Crippen LogP contribution in [0.1, 0.15) is 19.3 Å². The molecule has 1 atom stereocenters. The molecule has 1 rings (SSSR count). The topological polar surface area (TPSA) is 0 Å². The van der Waals surface area contributed by atoms with Crippen LogP contribution in [0.2, 0.25) is 0 Å². The summed E-state index contributed by atoms with van der Waals surface area (Å²) >= 11 is 0. The highest BCUT2D eigenvalue weighted by molar-refractivity contribution is 5.01. The average Bonchev–Trinajstić information content (AvgIpc) is 1.63. The lowest BCUT2D eigenvalue weighted by molar-refractivity contribution is 0.564. The highest BCUT2D eigenvalue weighted by atomic mass is 14.1. The second-order valence-electron chi connectivity index (χ2n) is 2.29. The smallest absolute Gasteiger partial charge is 0.0196 e. The Morgan fingerprint density at radius 3 is 2.88 bits per heavy atom. The molecule has 0 fully saturated rings. The number of allylic oxidation sites excluding steroid dienone is 3. The van der Waals surface area contributed by atoms with Crippen LogP contribution in [0, 0.1) is 5.92 Å². The molecule has 0 nitrogen and oxygen atoms in total. The normalized spacial score (nSPS) is 24.8. The monoisotopic (exact) mass is 108 g/mol. The molecule has 0 heteroatoms. The zero-order chi connectivity index (χ0) is 5.82. The second kappa shape index (κ2) is 2.71. The molecule has 44 valence electrons. The van der Waals surface area contributed by atoms with Crippen molar-refractivity contribution in [3.05, 3.63) is 24.8 Å². The maximum atomic E-state index is 3.67. The van der Waals surface area contributed by atoms with Gasteiger partial charge in [-0.1, -0.05) is 18.2 Å². The van der Waals surface area contributed by atoms with Crippen molar-refractivity contribution in [3.8, 4) is 0 Å². The molecule has 0 radical (unpaired) electrons. The van der Waals surface area contributed by atoms with Gasteiger partial charge in [-0.15, -0.1) is 6.58 Å². The fourth-order valence-corrected chi connectivity index (χ4v) is 0.875. The van der Waals surface area contributed by atoms with E-state index in [1.807, 2.05) is 6.08 Å². The summed E-state index contributed by atoms with van der Waals surface area (Å²) in [6.07, 6.45) is 10.3. The number of hydrogen-bond donors (Lipinski definition) is 0. The molecule has 0 saturated heterocycles. The van der Waals surface area contributed by atoms with Crippen LogP contribution in [-0.2, 0) is 0 Å². The molecule has 0 aliphatic heterocycles. The Balaban J connectivity index is 2.02. The minimum atomic E-state index is 0.882. The van der Waals surface area contributed by atoms with E-state index in [9.17, 15) is 0 Å². The van der Waals surface area contributed by atoms with Gasteiger partial charge in [0.15, 0.2) is 0 Å². The summed E-state index contributed by atoms with van der Waals surface area (Å²) in [5.41, 5.74) is 0. The first-order valence-electron chi connectivity index (χ1n) is 3.21. The first-order chi connectivity index (χ1) is 3.93. The van der Waals surface area contributed by atoms with E-state index in [0.717, 1.165) is 5.92 Å². The molecular formula is C8H12. The predicted octanol–water partition coefficient (Wildman–Crippen LogP) is 2.53. The van der Waals surface area contributed by atoms with Gasteiger partial charge in [-0.25, -0.2) is 0 Å². The second-order valence-corrected chi connectivity index (χ2v) is 2.29. The van der Waals surface area contributed by atoms with E-state index < -0.39 is 0 Å². The van der Waals surface area contributed by atoms with Gasteiger partial charge in [-0.05, 0) is 25.2 Å². The van der Waals surface area contributed by atoms with E-state index in [1.165, 1.54) is 19.3 Å². The van der Waals surface area contributed by atoms with Crippen LogP contribution in [0.4, 0.5) is 0 Å². The van der Waals surface area contributed by atoms with Crippen molar-refractivity contribution in [2.75, 3.05) is 0 Å². The van der Waals surface area contributed by atoms with Gasteiger partial charge in [0.1, 0.15) is 0 Å². The first kappa shape index (κ1) is 5.61. The minimum absolute atomic E-state index is 0.882. The fourth-order valence-electron chi connectivity index (χ4n) is 0.875. The Kier molecular flexibility index (Phi) is 1.90. The van der Waals surface area contributed by atoms with Gasteiger partial charge in [-0.3, -0.25) is 0 Å². The molecular weight excluding hydrogens is 96.1 g/mol. The van der Waals surface area contributed by atoms with Crippen molar-refractivity contribution in [2.45, 2.75) is 19.3 Å². The molecule has 0 aromatic rings. The third-order valence-electron chi connectivity index (χ3n) is 1.59. The standard InChI is InChI=1S/C8H12/c1-2-3-5-8-6-4-7-8/h2,4,6,8H,1,3,5,7H2. The van der Waals surface area contributed by atoms with Crippen molar-refractivity contribution in [1.82, 2.24) is 0 Å². The molecule has 0 bridgehead atoms. The van der Waals surface area contributed by atoms with Crippen LogP contribution in [0.3, 0.4) is 0 Å². The largest absolute Gasteiger partial charge is 0.103 e. The van der Waals surface area contributed by atoms with Gasteiger partial charge in [0.25, 0.3) is 0 Å². The molecule has 0 aromatic carbocycles. The molecule has 1 aliphatic rings. The summed E-state index contributed by atoms with van der Waals surface area (Å²) in [6.45, 7) is 3.67. The third-order valence-corrected chi connectivity index (χ3v) is 1.59. The average molecular weight is 108 g/mol. The van der Waals surface area contributed by atoms with Gasteiger partial charge >= 0.3 is 0 Å². The Labute approximate surface area is 50.9 Å². The van der Waals surface area contributed by atoms with Gasteiger partial charge in [-0.2, -0.15) is 0 Å². The SMILES string of the molecule is C=CCCC1C=CC1. The van der Waals surface area contributed by atoms with Crippen LogP contribution >= 0.6 is 0 Å². The zero-order valence-corrected chi connectivity index (χ0v) is 5.14. The summed E-state index contributed by atoms with van der Waals surface area (Å²) in [6, 6.07) is 0. The first-order valence-corrected chi connectivity index (χ1v) is 3.21. The van der Waals surface area contributed by atoms with Gasteiger partial charge in [0, 0.05) is 0 Å². The van der Waals surface area contributed by atoms with Gasteiger partial charge < -0.3 is 0 Å². The van der Waals surface area contributed by atoms with Crippen LogP contribution in [0.25, 0.3) is 0 Å². The molecule has 1 aliphatic carbocycles. The lowest BCUT2D eigenvalue weighted by atomic mass is 9.91. The molecule has 0 saturated carbocycles. The van der Waals surface area contributed by atoms with Gasteiger partial charge in [0.2, 0.25) is 0 Å². The summed E-state index contributed by atoms with van der Waals surface area (Å²) in [5, 5.41) is 0. The van der Waals surface area contributed by atoms with E-state index in [4.69, 9.17) is 0 Å². The van der Waals surface area contributed by atoms with Crippen molar-refractivity contribution in [1.29, 1.82) is 0 Å². The van der Waals surface area contributed by atoms with Crippen LogP contribution < -0.4 is 0 Å². The lowest BCUT2D eigenvalue weighted by Gasteiger charge is -2.15. The maximum absolute atomic E-state index is 3.67.